The number of hydrogen-bond acceptors (Lipinski definition) is 4. The summed E-state index contributed by atoms with van der Waals surface area (Å²) in [7, 11) is 0. The van der Waals surface area contributed by atoms with Crippen LogP contribution in [0, 0.1) is 0 Å². The average Bonchev–Trinajstić information content (AvgIpc) is 2.78. The number of carboxylic acids is 1. The van der Waals surface area contributed by atoms with E-state index in [1.54, 1.807) is 12.1 Å². The van der Waals surface area contributed by atoms with Crippen LogP contribution >= 0.6 is 0 Å². The van der Waals surface area contributed by atoms with E-state index in [1.165, 1.54) is 12.1 Å². The summed E-state index contributed by atoms with van der Waals surface area (Å²) in [5.74, 6) is -1.36. The van der Waals surface area contributed by atoms with Crippen LogP contribution in [0.4, 0.5) is 5.69 Å². The van der Waals surface area contributed by atoms with Gasteiger partial charge in [-0.25, -0.2) is 4.79 Å². The molecule has 0 aromatic heterocycles. The Kier molecular flexibility index (Phi) is 3.43. The molecule has 1 aliphatic carbocycles. The minimum atomic E-state index is -1.55. The maximum Gasteiger partial charge on any atom is 0.336 e. The lowest BCUT2D eigenvalue weighted by molar-refractivity contribution is 0.0697. The summed E-state index contributed by atoms with van der Waals surface area (Å²) in [6.45, 7) is 4.77. The molecule has 0 unspecified atom stereocenters. The SMILES string of the molecule is [2H]c1c/c(=N/CC)cc2oc3cc(NCC)cc([2H])c3c(-c3c([2H])c([2H])c([2H])c([2H])c3C(=O)O)c1-2. The Morgan fingerprint density at radius 2 is 1.97 bits per heavy atom. The number of aromatic carboxylic acids is 1. The molecule has 0 atom stereocenters. The molecule has 29 heavy (non-hydrogen) atoms. The summed E-state index contributed by atoms with van der Waals surface area (Å²) >= 11 is 0. The number of rotatable bonds is 5. The molecule has 0 saturated heterocycles. The molecule has 0 fully saturated rings. The van der Waals surface area contributed by atoms with Crippen molar-refractivity contribution in [3.8, 4) is 22.5 Å². The number of anilines is 1. The van der Waals surface area contributed by atoms with E-state index in [0.717, 1.165) is 0 Å². The lowest BCUT2D eigenvalue weighted by Crippen LogP contribution is -2.05. The predicted molar refractivity (Wildman–Crippen MR) is 115 cm³/mol. The number of nitrogens with one attached hydrogen (secondary N) is 1. The number of carbonyl (C=O) groups is 1. The van der Waals surface area contributed by atoms with Crippen LogP contribution in [0.5, 0.6) is 0 Å². The summed E-state index contributed by atoms with van der Waals surface area (Å²) in [4.78, 5) is 16.6. The molecular weight excluding hydrogens is 364 g/mol. The molecule has 1 heterocycles. The van der Waals surface area contributed by atoms with Gasteiger partial charge >= 0.3 is 5.97 Å². The van der Waals surface area contributed by atoms with Gasteiger partial charge in [-0.3, -0.25) is 4.99 Å². The third-order valence-corrected chi connectivity index (χ3v) is 4.39. The summed E-state index contributed by atoms with van der Waals surface area (Å²) in [5, 5.41) is 13.7. The largest absolute Gasteiger partial charge is 0.478 e. The Morgan fingerprint density at radius 1 is 1.14 bits per heavy atom. The average molecular weight is 392 g/mol. The van der Waals surface area contributed by atoms with E-state index in [1.807, 2.05) is 13.8 Å². The maximum absolute atomic E-state index is 12.3. The highest BCUT2D eigenvalue weighted by molar-refractivity contribution is 6.07. The van der Waals surface area contributed by atoms with Crippen molar-refractivity contribution in [1.82, 2.24) is 0 Å². The van der Waals surface area contributed by atoms with Crippen LogP contribution in [0.25, 0.3) is 33.4 Å². The van der Waals surface area contributed by atoms with Crippen molar-refractivity contribution in [1.29, 1.82) is 0 Å². The first kappa shape index (κ1) is 12.8. The van der Waals surface area contributed by atoms with E-state index in [4.69, 9.17) is 12.6 Å². The zero-order valence-electron chi connectivity index (χ0n) is 21.9. The Bertz CT molecular complexity index is 1550. The van der Waals surface area contributed by atoms with Gasteiger partial charge in [-0.2, -0.15) is 0 Å². The molecule has 0 amide bonds. The Morgan fingerprint density at radius 3 is 2.72 bits per heavy atom. The highest BCUT2D eigenvalue weighted by Gasteiger charge is 2.21. The van der Waals surface area contributed by atoms with Crippen LogP contribution in [-0.4, -0.2) is 24.2 Å². The van der Waals surface area contributed by atoms with Crippen molar-refractivity contribution < 1.29 is 22.5 Å². The first-order chi connectivity index (χ1) is 16.6. The second-order valence-corrected chi connectivity index (χ2v) is 6.26. The molecule has 2 N–H and O–H groups in total. The van der Waals surface area contributed by atoms with Crippen molar-refractivity contribution in [3.05, 3.63) is 71.4 Å². The van der Waals surface area contributed by atoms with Gasteiger partial charge in [0.1, 0.15) is 11.3 Å². The molecule has 1 aliphatic heterocycles. The van der Waals surface area contributed by atoms with Crippen LogP contribution in [-0.2, 0) is 0 Å². The lowest BCUT2D eigenvalue weighted by Gasteiger charge is -2.17. The Hall–Kier alpha value is -3.60. The van der Waals surface area contributed by atoms with Crippen LogP contribution in [0.1, 0.15) is 32.4 Å². The minimum Gasteiger partial charge on any atom is -0.478 e. The Labute approximate surface area is 177 Å². The highest BCUT2D eigenvalue weighted by Crippen LogP contribution is 2.41. The number of hydrogen-bond donors (Lipinski definition) is 2. The summed E-state index contributed by atoms with van der Waals surface area (Å²) in [6, 6.07) is 3.52. The zero-order chi connectivity index (χ0) is 25.6. The molecule has 4 rings (SSSR count). The van der Waals surface area contributed by atoms with Crippen LogP contribution in [0.2, 0.25) is 0 Å². The smallest absolute Gasteiger partial charge is 0.336 e. The van der Waals surface area contributed by atoms with Gasteiger partial charge in [0.15, 0.2) is 0 Å². The van der Waals surface area contributed by atoms with Crippen molar-refractivity contribution in [2.24, 2.45) is 4.99 Å². The molecule has 5 heteroatoms. The van der Waals surface area contributed by atoms with E-state index < -0.39 is 35.7 Å². The topological polar surface area (TPSA) is 74.8 Å². The quantitative estimate of drug-likeness (QED) is 0.455. The van der Waals surface area contributed by atoms with Gasteiger partial charge in [-0.15, -0.1) is 0 Å². The first-order valence-corrected chi connectivity index (χ1v) is 9.20. The molecular formula is C24H22N2O3. The van der Waals surface area contributed by atoms with Gasteiger partial charge in [0.2, 0.25) is 0 Å². The maximum atomic E-state index is 12.3. The lowest BCUT2D eigenvalue weighted by atomic mass is 9.90. The standard InChI is InChI=1S/C24H22N2O3/c1-3-25-15-9-11-19-21(13-15)29-22-14-16(26-4-2)10-12-20(22)23(19)17-7-5-6-8-18(17)24(27)28/h5-14,25H,3-4H2,1-2H3,(H,27,28)/b26-16-/i5D,6D,7D,8D,11D,12D. The summed E-state index contributed by atoms with van der Waals surface area (Å²) in [6.07, 6.45) is 0. The zero-order valence-corrected chi connectivity index (χ0v) is 15.9. The molecule has 0 spiro atoms. The number of nitrogens with zero attached hydrogens (tertiary/aromatic N) is 1. The fourth-order valence-electron chi connectivity index (χ4n) is 3.23. The molecule has 2 aromatic carbocycles. The van der Waals surface area contributed by atoms with E-state index >= 15 is 0 Å². The number of carboxylic acid groups (broad SMARTS) is 1. The van der Waals surface area contributed by atoms with Gasteiger partial charge in [0, 0.05) is 47.4 Å². The number of benzene rings is 3. The first-order valence-electron chi connectivity index (χ1n) is 12.2. The van der Waals surface area contributed by atoms with Gasteiger partial charge in [-0.05, 0) is 49.7 Å². The minimum absolute atomic E-state index is 0.0340. The fourth-order valence-corrected chi connectivity index (χ4v) is 3.23. The molecule has 2 aliphatic rings. The molecule has 0 saturated carbocycles. The van der Waals surface area contributed by atoms with E-state index in [9.17, 15) is 9.90 Å². The normalized spacial score (nSPS) is 14.8. The second-order valence-electron chi connectivity index (χ2n) is 6.26. The molecule has 2 aromatic rings. The number of fused-ring (bicyclic) bond motifs is 2. The van der Waals surface area contributed by atoms with Crippen LogP contribution < -0.4 is 10.7 Å². The fraction of sp³-hybridized carbons (Fsp3) is 0.167. The van der Waals surface area contributed by atoms with Crippen LogP contribution in [0.3, 0.4) is 0 Å². The predicted octanol–water partition coefficient (Wildman–Crippen LogP) is 5.26. The van der Waals surface area contributed by atoms with Crippen molar-refractivity contribution in [2.75, 3.05) is 18.4 Å². The summed E-state index contributed by atoms with van der Waals surface area (Å²) < 4.78 is 56.5. The van der Waals surface area contributed by atoms with E-state index in [0.29, 0.717) is 24.1 Å². The van der Waals surface area contributed by atoms with Crippen molar-refractivity contribution >= 4 is 22.6 Å². The Balaban J connectivity index is 2.34. The molecule has 5 nitrogen and oxygen atoms in total. The summed E-state index contributed by atoms with van der Waals surface area (Å²) in [5.41, 5.74) is 0.0200. The molecule has 0 radical (unpaired) electrons. The van der Waals surface area contributed by atoms with E-state index in [-0.39, 0.29) is 45.5 Å². The van der Waals surface area contributed by atoms with Crippen molar-refractivity contribution in [3.63, 3.8) is 0 Å². The second kappa shape index (κ2) is 7.80. The van der Waals surface area contributed by atoms with E-state index in [2.05, 4.69) is 10.3 Å². The molecule has 0 bridgehead atoms. The van der Waals surface area contributed by atoms with Gasteiger partial charge in [-0.1, -0.05) is 18.1 Å². The highest BCUT2D eigenvalue weighted by atomic mass is 16.4. The third kappa shape index (κ3) is 3.47. The monoisotopic (exact) mass is 392 g/mol. The van der Waals surface area contributed by atoms with Gasteiger partial charge < -0.3 is 14.8 Å². The van der Waals surface area contributed by atoms with Crippen LogP contribution in [0.15, 0.2) is 69.9 Å². The third-order valence-electron chi connectivity index (χ3n) is 4.39. The van der Waals surface area contributed by atoms with Gasteiger partial charge in [0.05, 0.1) is 19.1 Å². The van der Waals surface area contributed by atoms with Crippen molar-refractivity contribution in [2.45, 2.75) is 13.8 Å². The molecule has 146 valence electrons. The van der Waals surface area contributed by atoms with Gasteiger partial charge in [0.25, 0.3) is 0 Å².